The normalized spacial score (nSPS) is 21.8. The minimum Gasteiger partial charge on any atom is -0.479 e. The number of aliphatic carboxylic acids is 1. The molecule has 6 rings (SSSR count). The minimum absolute atomic E-state index is 0.0443. The fourth-order valence-corrected chi connectivity index (χ4v) is 5.96. The lowest BCUT2D eigenvalue weighted by molar-refractivity contribution is -0.202. The van der Waals surface area contributed by atoms with Crippen LogP contribution in [0.2, 0.25) is 0 Å². The molecule has 1 aliphatic carbocycles. The summed E-state index contributed by atoms with van der Waals surface area (Å²) in [7, 11) is 0. The van der Waals surface area contributed by atoms with Crippen LogP contribution in [0, 0.1) is 5.92 Å². The van der Waals surface area contributed by atoms with Crippen molar-refractivity contribution in [3.8, 4) is 0 Å². The molecule has 1 N–H and O–H groups in total. The second-order valence-corrected chi connectivity index (χ2v) is 11.3. The Bertz CT molecular complexity index is 1920. The van der Waals surface area contributed by atoms with Crippen molar-refractivity contribution in [2.45, 2.75) is 30.8 Å². The van der Waals surface area contributed by atoms with Crippen LogP contribution >= 0.6 is 0 Å². The zero-order valence-corrected chi connectivity index (χ0v) is 25.3. The van der Waals surface area contributed by atoms with Crippen molar-refractivity contribution in [3.63, 3.8) is 0 Å². The van der Waals surface area contributed by atoms with E-state index in [1.807, 2.05) is 0 Å². The Labute approximate surface area is 274 Å². The molecular weight excluding hydrogens is 616 g/mol. The molecule has 10 nitrogen and oxygen atoms in total. The van der Waals surface area contributed by atoms with Crippen LogP contribution in [0.3, 0.4) is 0 Å². The first-order valence-electron chi connectivity index (χ1n) is 15.1. The number of carboxylic acid groups (broad SMARTS) is 1. The molecule has 0 radical (unpaired) electrons. The van der Waals surface area contributed by atoms with E-state index in [2.05, 4.69) is 0 Å². The number of carbonyl (C=O) groups excluding carboxylic acids is 5. The third-order valence-corrected chi connectivity index (χ3v) is 8.28. The van der Waals surface area contributed by atoms with Crippen molar-refractivity contribution in [3.05, 3.63) is 155 Å². The second-order valence-electron chi connectivity index (χ2n) is 11.3. The molecule has 2 aliphatic rings. The first-order chi connectivity index (χ1) is 23.2. The number of fused-ring (bicyclic) bond motifs is 1. The van der Waals surface area contributed by atoms with Gasteiger partial charge in [-0.25, -0.2) is 14.4 Å². The van der Waals surface area contributed by atoms with Crippen molar-refractivity contribution in [1.29, 1.82) is 0 Å². The SMILES string of the molecule is O=C(C[C@@H]1[C@H](OC(=O)c2ccccc2)[C@@H](OC(=O)c2ccccc2)[C@H](C2=CC(=O)c3ccccc3C2=O)O[C@@H]1C(=O)O)c1ccccc1. The average Bonchev–Trinajstić information content (AvgIpc) is 3.12. The maximum absolute atomic E-state index is 13.9. The Morgan fingerprint density at radius 1 is 0.625 bits per heavy atom. The highest BCUT2D eigenvalue weighted by atomic mass is 16.6. The Kier molecular flexibility index (Phi) is 9.17. The second kappa shape index (κ2) is 13.8. The molecule has 0 amide bonds. The van der Waals surface area contributed by atoms with Gasteiger partial charge in [-0.2, -0.15) is 0 Å². The quantitative estimate of drug-likeness (QED) is 0.191. The molecule has 0 saturated carbocycles. The zero-order valence-electron chi connectivity index (χ0n) is 25.3. The van der Waals surface area contributed by atoms with Crippen molar-refractivity contribution < 1.29 is 48.1 Å². The number of ether oxygens (including phenoxy) is 3. The van der Waals surface area contributed by atoms with Crippen LogP contribution < -0.4 is 0 Å². The van der Waals surface area contributed by atoms with E-state index in [1.54, 1.807) is 78.9 Å². The molecule has 0 spiro atoms. The molecule has 0 unspecified atom stereocenters. The third kappa shape index (κ3) is 6.47. The Balaban J connectivity index is 1.48. The fraction of sp³-hybridized carbons (Fsp3) is 0.158. The minimum atomic E-state index is -1.83. The van der Waals surface area contributed by atoms with Crippen LogP contribution in [0.4, 0.5) is 0 Å². The lowest BCUT2D eigenvalue weighted by Crippen LogP contribution is -2.61. The van der Waals surface area contributed by atoms with Crippen LogP contribution in [0.5, 0.6) is 0 Å². The lowest BCUT2D eigenvalue weighted by Gasteiger charge is -2.45. The summed E-state index contributed by atoms with van der Waals surface area (Å²) in [6, 6.07) is 29.9. The number of hydrogen-bond acceptors (Lipinski definition) is 9. The van der Waals surface area contributed by atoms with Gasteiger partial charge in [0.2, 0.25) is 0 Å². The summed E-state index contributed by atoms with van der Waals surface area (Å²) in [5, 5.41) is 10.4. The summed E-state index contributed by atoms with van der Waals surface area (Å²) < 4.78 is 18.0. The van der Waals surface area contributed by atoms with E-state index in [0.717, 1.165) is 6.08 Å². The Morgan fingerprint density at radius 2 is 1.10 bits per heavy atom. The number of carboxylic acids is 1. The summed E-state index contributed by atoms with van der Waals surface area (Å²) in [4.78, 5) is 80.7. The monoisotopic (exact) mass is 644 g/mol. The third-order valence-electron chi connectivity index (χ3n) is 8.28. The predicted molar refractivity (Wildman–Crippen MR) is 170 cm³/mol. The smallest absolute Gasteiger partial charge is 0.338 e. The van der Waals surface area contributed by atoms with Gasteiger partial charge in [-0.15, -0.1) is 0 Å². The van der Waals surface area contributed by atoms with Crippen molar-refractivity contribution >= 4 is 35.3 Å². The first-order valence-corrected chi connectivity index (χ1v) is 15.1. The number of esters is 2. The first kappa shape index (κ1) is 32.0. The molecule has 1 heterocycles. The maximum atomic E-state index is 13.9. The number of allylic oxidation sites excluding steroid dienone is 1. The van der Waals surface area contributed by atoms with E-state index in [1.165, 1.54) is 36.4 Å². The van der Waals surface area contributed by atoms with E-state index in [-0.39, 0.29) is 33.4 Å². The van der Waals surface area contributed by atoms with Gasteiger partial charge in [0.25, 0.3) is 0 Å². The van der Waals surface area contributed by atoms with E-state index >= 15 is 0 Å². The fourth-order valence-electron chi connectivity index (χ4n) is 5.96. The predicted octanol–water partition coefficient (Wildman–Crippen LogP) is 5.18. The summed E-state index contributed by atoms with van der Waals surface area (Å²) in [5.41, 5.74) is 0.361. The lowest BCUT2D eigenvalue weighted by atomic mass is 9.77. The van der Waals surface area contributed by atoms with Crippen LogP contribution in [0.1, 0.15) is 58.2 Å². The van der Waals surface area contributed by atoms with Gasteiger partial charge in [0.05, 0.1) is 11.1 Å². The zero-order chi connectivity index (χ0) is 33.8. The van der Waals surface area contributed by atoms with E-state index in [9.17, 15) is 33.9 Å². The number of carbonyl (C=O) groups is 6. The number of Topliss-reactive ketones (excluding diaryl/α,β-unsaturated/α-hetero) is 2. The van der Waals surface area contributed by atoms with Crippen molar-refractivity contribution in [2.75, 3.05) is 0 Å². The van der Waals surface area contributed by atoms with Gasteiger partial charge >= 0.3 is 17.9 Å². The topological polar surface area (TPSA) is 150 Å². The van der Waals surface area contributed by atoms with Gasteiger partial charge in [-0.05, 0) is 30.3 Å². The van der Waals surface area contributed by atoms with Gasteiger partial charge in [0, 0.05) is 34.6 Å². The molecule has 1 saturated heterocycles. The van der Waals surface area contributed by atoms with Crippen LogP contribution in [-0.4, -0.2) is 64.8 Å². The number of hydrogen-bond donors (Lipinski definition) is 1. The van der Waals surface area contributed by atoms with E-state index < -0.39 is 72.0 Å². The van der Waals surface area contributed by atoms with Crippen LogP contribution in [-0.2, 0) is 19.0 Å². The highest BCUT2D eigenvalue weighted by molar-refractivity contribution is 6.25. The molecular formula is C38H28O10. The van der Waals surface area contributed by atoms with E-state index in [0.29, 0.717) is 0 Å². The number of ketones is 3. The molecule has 240 valence electrons. The van der Waals surface area contributed by atoms with Crippen LogP contribution in [0.25, 0.3) is 0 Å². The van der Waals surface area contributed by atoms with Crippen LogP contribution in [0.15, 0.2) is 127 Å². The molecule has 4 aromatic rings. The number of rotatable bonds is 9. The van der Waals surface area contributed by atoms with Gasteiger partial charge in [0.1, 0.15) is 12.2 Å². The summed E-state index contributed by atoms with van der Waals surface area (Å²) in [5.74, 6) is -6.40. The average molecular weight is 645 g/mol. The maximum Gasteiger partial charge on any atom is 0.338 e. The summed E-state index contributed by atoms with van der Waals surface area (Å²) in [6.07, 6.45) is -6.27. The number of benzene rings is 4. The Morgan fingerprint density at radius 3 is 1.65 bits per heavy atom. The highest BCUT2D eigenvalue weighted by Crippen LogP contribution is 2.39. The van der Waals surface area contributed by atoms with E-state index in [4.69, 9.17) is 14.2 Å². The highest BCUT2D eigenvalue weighted by Gasteiger charge is 2.55. The molecule has 1 aliphatic heterocycles. The molecule has 4 aromatic carbocycles. The molecule has 0 bridgehead atoms. The largest absolute Gasteiger partial charge is 0.479 e. The summed E-state index contributed by atoms with van der Waals surface area (Å²) in [6.45, 7) is 0. The van der Waals surface area contributed by atoms with Crippen molar-refractivity contribution in [2.24, 2.45) is 5.92 Å². The molecule has 1 fully saturated rings. The van der Waals surface area contributed by atoms with Crippen molar-refractivity contribution in [1.82, 2.24) is 0 Å². The van der Waals surface area contributed by atoms with Gasteiger partial charge in [-0.3, -0.25) is 14.4 Å². The molecule has 48 heavy (non-hydrogen) atoms. The molecule has 0 aromatic heterocycles. The summed E-state index contributed by atoms with van der Waals surface area (Å²) >= 11 is 0. The molecule has 10 heteroatoms. The Hall–Kier alpha value is -6.00. The van der Waals surface area contributed by atoms with Gasteiger partial charge in [-0.1, -0.05) is 91.0 Å². The molecule has 5 atom stereocenters. The van der Waals surface area contributed by atoms with Gasteiger partial charge < -0.3 is 19.3 Å². The standard InChI is InChI=1S/C38H28O10/c39-29(22-12-4-1-5-13-22)21-28-33(47-37(44)23-14-6-2-7-15-23)35(48-38(45)24-16-8-3-9-17-24)32(46-34(28)36(42)43)27-20-30(40)25-18-10-11-19-26(25)31(27)41/h1-20,28,32-35H,21H2,(H,42,43)/t28-,32+,33+,34+,35+/m1/s1. The van der Waals surface area contributed by atoms with Gasteiger partial charge in [0.15, 0.2) is 29.6 Å².